The molecule has 0 atom stereocenters. The minimum atomic E-state index is 0.0859. The number of carbonyl (C=O) groups excluding carboxylic acids is 1. The topological polar surface area (TPSA) is 39.2 Å². The summed E-state index contributed by atoms with van der Waals surface area (Å²) in [4.78, 5) is 16.3. The fourth-order valence-corrected chi connectivity index (χ4v) is 1.77. The van der Waals surface area contributed by atoms with Gasteiger partial charge in [-0.3, -0.25) is 9.78 Å². The van der Waals surface area contributed by atoms with Gasteiger partial charge in [0.05, 0.1) is 12.1 Å². The van der Waals surface area contributed by atoms with Crippen LogP contribution in [0.15, 0.2) is 36.5 Å². The van der Waals surface area contributed by atoms with E-state index in [4.69, 9.17) is 4.74 Å². The standard InChI is InChI=1S/C14H15NO2/c1-2-17-10-8-13(16)12-7-3-5-11-6-4-9-15-14(11)12/h3-7,9H,2,8,10H2,1H3. The van der Waals surface area contributed by atoms with E-state index in [-0.39, 0.29) is 5.78 Å². The minimum absolute atomic E-state index is 0.0859. The van der Waals surface area contributed by atoms with E-state index in [9.17, 15) is 4.79 Å². The van der Waals surface area contributed by atoms with Gasteiger partial charge in [-0.05, 0) is 19.1 Å². The molecule has 0 fully saturated rings. The fraction of sp³-hybridized carbons (Fsp3) is 0.286. The monoisotopic (exact) mass is 229 g/mol. The maximum absolute atomic E-state index is 12.0. The van der Waals surface area contributed by atoms with Crippen LogP contribution in [0.4, 0.5) is 0 Å². The van der Waals surface area contributed by atoms with E-state index in [0.29, 0.717) is 25.2 Å². The van der Waals surface area contributed by atoms with Gasteiger partial charge in [-0.25, -0.2) is 0 Å². The summed E-state index contributed by atoms with van der Waals surface area (Å²) < 4.78 is 5.20. The van der Waals surface area contributed by atoms with Gasteiger partial charge in [-0.1, -0.05) is 18.2 Å². The first-order valence-corrected chi connectivity index (χ1v) is 5.77. The normalized spacial score (nSPS) is 10.6. The smallest absolute Gasteiger partial charge is 0.167 e. The zero-order valence-electron chi connectivity index (χ0n) is 9.85. The van der Waals surface area contributed by atoms with Crippen molar-refractivity contribution in [3.8, 4) is 0 Å². The number of carbonyl (C=O) groups is 1. The number of ketones is 1. The second kappa shape index (κ2) is 5.55. The van der Waals surface area contributed by atoms with Gasteiger partial charge in [-0.2, -0.15) is 0 Å². The van der Waals surface area contributed by atoms with Crippen LogP contribution in [0.3, 0.4) is 0 Å². The van der Waals surface area contributed by atoms with Crippen LogP contribution in [-0.2, 0) is 4.74 Å². The molecule has 88 valence electrons. The highest BCUT2D eigenvalue weighted by Gasteiger charge is 2.10. The first-order valence-electron chi connectivity index (χ1n) is 5.77. The number of pyridine rings is 1. The van der Waals surface area contributed by atoms with Crippen LogP contribution in [0.25, 0.3) is 10.9 Å². The van der Waals surface area contributed by atoms with Gasteiger partial charge < -0.3 is 4.74 Å². The molecule has 0 bridgehead atoms. The molecule has 1 heterocycles. The average Bonchev–Trinajstić information content (AvgIpc) is 2.38. The second-order valence-corrected chi connectivity index (χ2v) is 3.75. The third-order valence-electron chi connectivity index (χ3n) is 2.61. The van der Waals surface area contributed by atoms with Crippen LogP contribution in [0.1, 0.15) is 23.7 Å². The summed E-state index contributed by atoms with van der Waals surface area (Å²) >= 11 is 0. The number of hydrogen-bond acceptors (Lipinski definition) is 3. The summed E-state index contributed by atoms with van der Waals surface area (Å²) in [5, 5.41) is 0.995. The zero-order chi connectivity index (χ0) is 12.1. The Morgan fingerprint density at radius 3 is 2.94 bits per heavy atom. The molecule has 0 radical (unpaired) electrons. The van der Waals surface area contributed by atoms with Crippen molar-refractivity contribution in [2.75, 3.05) is 13.2 Å². The van der Waals surface area contributed by atoms with Crippen LogP contribution in [0.2, 0.25) is 0 Å². The maximum atomic E-state index is 12.0. The third-order valence-corrected chi connectivity index (χ3v) is 2.61. The predicted octanol–water partition coefficient (Wildman–Crippen LogP) is 2.84. The van der Waals surface area contributed by atoms with Crippen molar-refractivity contribution in [2.24, 2.45) is 0 Å². The molecule has 0 aliphatic rings. The number of rotatable bonds is 5. The van der Waals surface area contributed by atoms with Gasteiger partial charge in [0, 0.05) is 30.2 Å². The Kier molecular flexibility index (Phi) is 3.83. The van der Waals surface area contributed by atoms with Gasteiger partial charge >= 0.3 is 0 Å². The van der Waals surface area contributed by atoms with Gasteiger partial charge in [-0.15, -0.1) is 0 Å². The molecule has 0 N–H and O–H groups in total. The van der Waals surface area contributed by atoms with Crippen LogP contribution in [0, 0.1) is 0 Å². The number of hydrogen-bond donors (Lipinski definition) is 0. The van der Waals surface area contributed by atoms with E-state index in [1.807, 2.05) is 37.3 Å². The van der Waals surface area contributed by atoms with E-state index in [1.54, 1.807) is 6.20 Å². The van der Waals surface area contributed by atoms with Gasteiger partial charge in [0.25, 0.3) is 0 Å². The van der Waals surface area contributed by atoms with E-state index in [0.717, 1.165) is 10.9 Å². The number of benzene rings is 1. The molecule has 0 unspecified atom stereocenters. The molecule has 1 aromatic heterocycles. The van der Waals surface area contributed by atoms with Crippen molar-refractivity contribution in [2.45, 2.75) is 13.3 Å². The summed E-state index contributed by atoms with van der Waals surface area (Å²) in [6.07, 6.45) is 2.12. The SMILES string of the molecule is CCOCCC(=O)c1cccc2cccnc12. The molecular formula is C14H15NO2. The molecule has 0 aliphatic carbocycles. The lowest BCUT2D eigenvalue weighted by Gasteiger charge is -2.04. The average molecular weight is 229 g/mol. The molecule has 0 saturated heterocycles. The first kappa shape index (κ1) is 11.7. The number of para-hydroxylation sites is 1. The summed E-state index contributed by atoms with van der Waals surface area (Å²) in [6.45, 7) is 3.03. The Balaban J connectivity index is 2.26. The van der Waals surface area contributed by atoms with Crippen molar-refractivity contribution in [1.29, 1.82) is 0 Å². The first-order chi connectivity index (χ1) is 8.33. The molecule has 3 nitrogen and oxygen atoms in total. The summed E-state index contributed by atoms with van der Waals surface area (Å²) in [6, 6.07) is 9.50. The van der Waals surface area contributed by atoms with Crippen LogP contribution < -0.4 is 0 Å². The fourth-order valence-electron chi connectivity index (χ4n) is 1.77. The highest BCUT2D eigenvalue weighted by Crippen LogP contribution is 2.17. The molecule has 17 heavy (non-hydrogen) atoms. The van der Waals surface area contributed by atoms with Crippen LogP contribution in [-0.4, -0.2) is 24.0 Å². The molecule has 0 aliphatic heterocycles. The van der Waals surface area contributed by atoms with Crippen LogP contribution in [0.5, 0.6) is 0 Å². The molecule has 2 aromatic rings. The number of Topliss-reactive ketones (excluding diaryl/α,β-unsaturated/α-hetero) is 1. The quantitative estimate of drug-likeness (QED) is 0.584. The minimum Gasteiger partial charge on any atom is -0.381 e. The maximum Gasteiger partial charge on any atom is 0.167 e. The molecule has 2 rings (SSSR count). The van der Waals surface area contributed by atoms with Crippen LogP contribution >= 0.6 is 0 Å². The Morgan fingerprint density at radius 1 is 1.29 bits per heavy atom. The van der Waals surface area contributed by atoms with Gasteiger partial charge in [0.2, 0.25) is 0 Å². The highest BCUT2D eigenvalue weighted by atomic mass is 16.5. The lowest BCUT2D eigenvalue weighted by molar-refractivity contribution is 0.0897. The summed E-state index contributed by atoms with van der Waals surface area (Å²) in [5.74, 6) is 0.0859. The van der Waals surface area contributed by atoms with Gasteiger partial charge in [0.15, 0.2) is 5.78 Å². The summed E-state index contributed by atoms with van der Waals surface area (Å²) in [5.41, 5.74) is 1.46. The van der Waals surface area contributed by atoms with Crippen molar-refractivity contribution in [1.82, 2.24) is 4.98 Å². The molecule has 0 spiro atoms. The summed E-state index contributed by atoms with van der Waals surface area (Å²) in [7, 11) is 0. The number of aromatic nitrogens is 1. The predicted molar refractivity (Wildman–Crippen MR) is 67.2 cm³/mol. The highest BCUT2D eigenvalue weighted by molar-refractivity contribution is 6.06. The van der Waals surface area contributed by atoms with E-state index in [1.165, 1.54) is 0 Å². The van der Waals surface area contributed by atoms with Gasteiger partial charge in [0.1, 0.15) is 0 Å². The van der Waals surface area contributed by atoms with E-state index in [2.05, 4.69) is 4.98 Å². The lowest BCUT2D eigenvalue weighted by atomic mass is 10.0. The Hall–Kier alpha value is -1.74. The molecule has 0 saturated carbocycles. The number of nitrogens with zero attached hydrogens (tertiary/aromatic N) is 1. The largest absolute Gasteiger partial charge is 0.381 e. The van der Waals surface area contributed by atoms with Crippen molar-refractivity contribution in [3.05, 3.63) is 42.1 Å². The Morgan fingerprint density at radius 2 is 2.12 bits per heavy atom. The van der Waals surface area contributed by atoms with Crippen molar-refractivity contribution < 1.29 is 9.53 Å². The molecular weight excluding hydrogens is 214 g/mol. The number of ether oxygens (including phenoxy) is 1. The van der Waals surface area contributed by atoms with Crippen molar-refractivity contribution >= 4 is 16.7 Å². The Labute approximate surface area is 100 Å². The molecule has 1 aromatic carbocycles. The number of fused-ring (bicyclic) bond motifs is 1. The molecule has 3 heteroatoms. The van der Waals surface area contributed by atoms with Crippen molar-refractivity contribution in [3.63, 3.8) is 0 Å². The zero-order valence-corrected chi connectivity index (χ0v) is 9.85. The third kappa shape index (κ3) is 2.68. The lowest BCUT2D eigenvalue weighted by Crippen LogP contribution is -2.05. The Bertz CT molecular complexity index is 517. The van der Waals surface area contributed by atoms with E-state index < -0.39 is 0 Å². The van der Waals surface area contributed by atoms with E-state index >= 15 is 0 Å². The molecule has 0 amide bonds. The second-order valence-electron chi connectivity index (χ2n) is 3.75.